The van der Waals surface area contributed by atoms with Crippen molar-refractivity contribution in [3.63, 3.8) is 0 Å². The summed E-state index contributed by atoms with van der Waals surface area (Å²) in [5.41, 5.74) is 1.28. The van der Waals surface area contributed by atoms with Gasteiger partial charge in [0.1, 0.15) is 23.3 Å². The van der Waals surface area contributed by atoms with Crippen molar-refractivity contribution in [2.75, 3.05) is 11.9 Å². The van der Waals surface area contributed by atoms with Crippen molar-refractivity contribution in [1.82, 2.24) is 19.9 Å². The number of carbonyl (C=O) groups excluding carboxylic acids is 1. The van der Waals surface area contributed by atoms with Crippen molar-refractivity contribution >= 4 is 61.5 Å². The number of anilines is 2. The molecule has 0 atom stereocenters. The summed E-state index contributed by atoms with van der Waals surface area (Å²) in [5, 5.41) is 19.5. The van der Waals surface area contributed by atoms with E-state index in [1.54, 1.807) is 31.3 Å². The van der Waals surface area contributed by atoms with Gasteiger partial charge in [0, 0.05) is 35.1 Å². The van der Waals surface area contributed by atoms with Gasteiger partial charge in [-0.25, -0.2) is 9.97 Å². The van der Waals surface area contributed by atoms with Crippen LogP contribution in [-0.4, -0.2) is 37.7 Å². The Morgan fingerprint density at radius 3 is 2.84 bits per heavy atom. The van der Waals surface area contributed by atoms with E-state index in [2.05, 4.69) is 26.7 Å². The molecule has 0 aliphatic carbocycles. The molecule has 0 saturated carbocycles. The van der Waals surface area contributed by atoms with Gasteiger partial charge in [-0.15, -0.1) is 11.3 Å². The van der Waals surface area contributed by atoms with E-state index in [0.717, 1.165) is 32.6 Å². The molecule has 0 saturated heterocycles. The zero-order valence-electron chi connectivity index (χ0n) is 20.4. The summed E-state index contributed by atoms with van der Waals surface area (Å²) in [6.07, 6.45) is 3.44. The molecule has 1 amide bonds. The number of carbonyl (C=O) groups is 1. The third-order valence-corrected chi connectivity index (χ3v) is 6.87. The Hall–Kier alpha value is -3.66. The largest absolute Gasteiger partial charge is 0.455 e. The van der Waals surface area contributed by atoms with E-state index in [-0.39, 0.29) is 12.3 Å². The second kappa shape index (κ2) is 10.4. The van der Waals surface area contributed by atoms with Gasteiger partial charge in [0.2, 0.25) is 5.91 Å². The van der Waals surface area contributed by atoms with E-state index < -0.39 is 5.60 Å². The summed E-state index contributed by atoms with van der Waals surface area (Å²) < 4.78 is 9.25. The van der Waals surface area contributed by atoms with E-state index in [1.807, 2.05) is 52.5 Å². The lowest BCUT2D eigenvalue weighted by Gasteiger charge is -2.16. The summed E-state index contributed by atoms with van der Waals surface area (Å²) in [7, 11) is 0. The minimum absolute atomic E-state index is 0.0399. The first kappa shape index (κ1) is 25.0. The van der Waals surface area contributed by atoms with Crippen LogP contribution in [0.2, 0.25) is 5.02 Å². The molecule has 10 heteroatoms. The highest BCUT2D eigenvalue weighted by Gasteiger charge is 2.18. The van der Waals surface area contributed by atoms with Crippen LogP contribution in [0.4, 0.5) is 11.5 Å². The third-order valence-electron chi connectivity index (χ3n) is 5.69. The maximum absolute atomic E-state index is 12.0. The van der Waals surface area contributed by atoms with Crippen LogP contribution >= 0.6 is 22.9 Å². The number of nitrogens with one attached hydrogen (secondary N) is 2. The predicted octanol–water partition coefficient (Wildman–Crippen LogP) is 6.11. The molecule has 0 bridgehead atoms. The smallest absolute Gasteiger partial charge is 0.222 e. The highest BCUT2D eigenvalue weighted by molar-refractivity contribution is 7.17. The molecule has 5 rings (SSSR count). The van der Waals surface area contributed by atoms with E-state index in [1.165, 1.54) is 6.33 Å². The summed E-state index contributed by atoms with van der Waals surface area (Å²) in [6, 6.07) is 15.4. The summed E-state index contributed by atoms with van der Waals surface area (Å²) >= 11 is 8.25. The molecule has 190 valence electrons. The minimum Gasteiger partial charge on any atom is -0.455 e. The molecule has 5 aromatic rings. The highest BCUT2D eigenvalue weighted by Crippen LogP contribution is 2.37. The van der Waals surface area contributed by atoms with Crippen molar-refractivity contribution in [3.8, 4) is 11.5 Å². The second-order valence-electron chi connectivity index (χ2n) is 9.27. The van der Waals surface area contributed by atoms with Gasteiger partial charge < -0.3 is 25.0 Å². The van der Waals surface area contributed by atoms with Crippen molar-refractivity contribution in [2.45, 2.75) is 32.4 Å². The molecule has 0 aliphatic heterocycles. The van der Waals surface area contributed by atoms with Crippen LogP contribution in [0.15, 0.2) is 66.4 Å². The zero-order valence-corrected chi connectivity index (χ0v) is 21.9. The Kier molecular flexibility index (Phi) is 7.01. The van der Waals surface area contributed by atoms with E-state index in [4.69, 9.17) is 16.3 Å². The SMILES string of the molecule is CC(C)(O)CC(=O)NCCn1ccc2ncnc(Nc3ccc(Oc4cccc5sccc45)c(Cl)c3)c21. The van der Waals surface area contributed by atoms with Crippen LogP contribution in [0, 0.1) is 0 Å². The minimum atomic E-state index is -1.05. The molecule has 3 N–H and O–H groups in total. The van der Waals surface area contributed by atoms with Crippen molar-refractivity contribution in [3.05, 3.63) is 71.5 Å². The number of aliphatic hydroxyl groups is 1. The fourth-order valence-electron chi connectivity index (χ4n) is 4.05. The Bertz CT molecular complexity index is 1570. The molecule has 0 aliphatic rings. The van der Waals surface area contributed by atoms with E-state index in [9.17, 15) is 9.90 Å². The van der Waals surface area contributed by atoms with Crippen LogP contribution in [-0.2, 0) is 11.3 Å². The molecule has 0 unspecified atom stereocenters. The van der Waals surface area contributed by atoms with E-state index >= 15 is 0 Å². The number of hydrogen-bond acceptors (Lipinski definition) is 7. The summed E-state index contributed by atoms with van der Waals surface area (Å²) in [4.78, 5) is 20.8. The lowest BCUT2D eigenvalue weighted by Crippen LogP contribution is -2.33. The number of thiophene rings is 1. The maximum atomic E-state index is 12.0. The number of fused-ring (bicyclic) bond motifs is 2. The van der Waals surface area contributed by atoms with Crippen LogP contribution in [0.5, 0.6) is 11.5 Å². The van der Waals surface area contributed by atoms with Crippen LogP contribution < -0.4 is 15.4 Å². The first-order chi connectivity index (χ1) is 17.8. The monoisotopic (exact) mass is 535 g/mol. The molecule has 0 spiro atoms. The number of benzene rings is 2. The van der Waals surface area contributed by atoms with Crippen molar-refractivity contribution in [2.24, 2.45) is 0 Å². The Balaban J connectivity index is 1.31. The quantitative estimate of drug-likeness (QED) is 0.210. The number of ether oxygens (including phenoxy) is 1. The molecule has 0 fully saturated rings. The molecule has 2 aromatic carbocycles. The lowest BCUT2D eigenvalue weighted by molar-refractivity contribution is -0.124. The number of nitrogens with zero attached hydrogens (tertiary/aromatic N) is 3. The van der Waals surface area contributed by atoms with Crippen molar-refractivity contribution < 1.29 is 14.6 Å². The fraction of sp³-hybridized carbons (Fsp3) is 0.222. The molecule has 3 heterocycles. The molecule has 37 heavy (non-hydrogen) atoms. The molecule has 0 radical (unpaired) electrons. The number of hydrogen-bond donors (Lipinski definition) is 3. The number of halogens is 1. The van der Waals surface area contributed by atoms with Gasteiger partial charge in [0.15, 0.2) is 5.82 Å². The van der Waals surface area contributed by atoms with Gasteiger partial charge in [-0.3, -0.25) is 4.79 Å². The van der Waals surface area contributed by atoms with Crippen molar-refractivity contribution in [1.29, 1.82) is 0 Å². The van der Waals surface area contributed by atoms with Gasteiger partial charge in [-0.1, -0.05) is 17.7 Å². The Morgan fingerprint density at radius 2 is 2.03 bits per heavy atom. The zero-order chi connectivity index (χ0) is 26.0. The van der Waals surface area contributed by atoms with Gasteiger partial charge in [0.05, 0.1) is 22.6 Å². The Labute approximate surface area is 222 Å². The van der Waals surface area contributed by atoms with E-state index in [0.29, 0.717) is 29.7 Å². The van der Waals surface area contributed by atoms with Gasteiger partial charge >= 0.3 is 0 Å². The maximum Gasteiger partial charge on any atom is 0.222 e. The summed E-state index contributed by atoms with van der Waals surface area (Å²) in [6.45, 7) is 4.14. The fourth-order valence-corrected chi connectivity index (χ4v) is 5.08. The number of aromatic nitrogens is 3. The number of rotatable bonds is 9. The molecule has 8 nitrogen and oxygen atoms in total. The van der Waals surface area contributed by atoms with Crippen LogP contribution in [0.3, 0.4) is 0 Å². The molecular weight excluding hydrogens is 510 g/mol. The van der Waals surface area contributed by atoms with Crippen LogP contribution in [0.1, 0.15) is 20.3 Å². The van der Waals surface area contributed by atoms with Gasteiger partial charge in [0.25, 0.3) is 0 Å². The van der Waals surface area contributed by atoms with Gasteiger partial charge in [-0.05, 0) is 61.7 Å². The second-order valence-corrected chi connectivity index (χ2v) is 10.6. The summed E-state index contributed by atoms with van der Waals surface area (Å²) in [5.74, 6) is 1.73. The third kappa shape index (κ3) is 5.85. The Morgan fingerprint density at radius 1 is 1.16 bits per heavy atom. The first-order valence-corrected chi connectivity index (χ1v) is 13.0. The topological polar surface area (TPSA) is 101 Å². The lowest BCUT2D eigenvalue weighted by atomic mass is 10.1. The first-order valence-electron chi connectivity index (χ1n) is 11.8. The highest BCUT2D eigenvalue weighted by atomic mass is 35.5. The standard InChI is InChI=1S/C27H26ClN5O3S/c1-27(2,35)15-24(34)29-10-12-33-11-8-20-25(33)26(31-16-30-20)32-17-6-7-22(19(28)14-17)36-21-4-3-5-23-18(21)9-13-37-23/h3-9,11,13-14,16,35H,10,12,15H2,1-2H3,(H,29,34)(H,30,31,32). The normalized spacial score (nSPS) is 11.7. The molecular formula is C27H26ClN5O3S. The van der Waals surface area contributed by atoms with Gasteiger partial charge in [-0.2, -0.15) is 0 Å². The van der Waals surface area contributed by atoms with Crippen LogP contribution in [0.25, 0.3) is 21.1 Å². The predicted molar refractivity (Wildman–Crippen MR) is 148 cm³/mol. The molecule has 3 aromatic heterocycles. The average Bonchev–Trinajstić information content (AvgIpc) is 3.48. The average molecular weight is 536 g/mol. The number of amides is 1.